The van der Waals surface area contributed by atoms with Gasteiger partial charge in [-0.25, -0.2) is 4.68 Å². The fourth-order valence-corrected chi connectivity index (χ4v) is 5.15. The predicted molar refractivity (Wildman–Crippen MR) is 104 cm³/mol. The molecule has 0 unspecified atom stereocenters. The van der Waals surface area contributed by atoms with Gasteiger partial charge in [-0.05, 0) is 36.5 Å². The highest BCUT2D eigenvalue weighted by Gasteiger charge is 2.42. The Balaban J connectivity index is 1.23. The topological polar surface area (TPSA) is 78.6 Å². The van der Waals surface area contributed by atoms with Gasteiger partial charge in [0.2, 0.25) is 6.79 Å². The number of rotatable bonds is 4. The third-order valence-corrected chi connectivity index (χ3v) is 6.93. The maximum atomic E-state index is 12.6. The molecule has 2 fully saturated rings. The van der Waals surface area contributed by atoms with E-state index in [1.54, 1.807) is 4.57 Å². The average Bonchev–Trinajstić information content (AvgIpc) is 3.36. The lowest BCUT2D eigenvalue weighted by Gasteiger charge is -2.25. The van der Waals surface area contributed by atoms with Gasteiger partial charge in [0.05, 0.1) is 0 Å². The van der Waals surface area contributed by atoms with E-state index in [0.29, 0.717) is 24.9 Å². The number of aromatic nitrogens is 3. The van der Waals surface area contributed by atoms with Crippen molar-refractivity contribution in [3.63, 3.8) is 0 Å². The first kappa shape index (κ1) is 17.3. The Hall–Kier alpha value is -2.61. The molecule has 0 amide bonds. The van der Waals surface area contributed by atoms with Crippen LogP contribution in [0.3, 0.4) is 0 Å². The molecule has 152 valence electrons. The Labute approximate surface area is 167 Å². The third-order valence-electron chi connectivity index (χ3n) is 6.93. The lowest BCUT2D eigenvalue weighted by molar-refractivity contribution is 0.174. The van der Waals surface area contributed by atoms with Gasteiger partial charge >= 0.3 is 11.1 Å². The van der Waals surface area contributed by atoms with E-state index < -0.39 is 11.1 Å². The zero-order valence-electron chi connectivity index (χ0n) is 16.2. The minimum atomic E-state index is -0.460. The Kier molecular flexibility index (Phi) is 3.84. The average molecular weight is 396 g/mol. The zero-order valence-corrected chi connectivity index (χ0v) is 16.2. The molecule has 4 aliphatic rings. The molecule has 1 saturated carbocycles. The molecule has 8 heteroatoms. The third kappa shape index (κ3) is 2.80. The summed E-state index contributed by atoms with van der Waals surface area (Å²) in [6.45, 7) is 4.05. The molecule has 1 saturated heterocycles. The molecule has 3 aliphatic heterocycles. The number of hydrogen-bond donors (Lipinski definition) is 0. The molecule has 29 heavy (non-hydrogen) atoms. The number of ether oxygens (including phenoxy) is 2. The van der Waals surface area contributed by atoms with Crippen LogP contribution < -0.4 is 20.6 Å². The Morgan fingerprint density at radius 2 is 1.90 bits per heavy atom. The van der Waals surface area contributed by atoms with Crippen LogP contribution in [0.15, 0.2) is 27.8 Å². The second-order valence-electron chi connectivity index (χ2n) is 8.81. The Morgan fingerprint density at radius 1 is 1.03 bits per heavy atom. The van der Waals surface area contributed by atoms with Crippen molar-refractivity contribution in [3.8, 4) is 11.5 Å². The predicted octanol–water partition coefficient (Wildman–Crippen LogP) is 1.16. The van der Waals surface area contributed by atoms with Crippen LogP contribution in [0.4, 0.5) is 0 Å². The summed E-state index contributed by atoms with van der Waals surface area (Å²) in [4.78, 5) is 27.5. The van der Waals surface area contributed by atoms with Crippen LogP contribution in [-0.4, -0.2) is 39.1 Å². The largest absolute Gasteiger partial charge is 0.454 e. The van der Waals surface area contributed by atoms with Gasteiger partial charge in [-0.2, -0.15) is 5.10 Å². The van der Waals surface area contributed by atoms with Gasteiger partial charge in [0.15, 0.2) is 11.5 Å². The first-order chi connectivity index (χ1) is 14.2. The van der Waals surface area contributed by atoms with Crippen LogP contribution in [-0.2, 0) is 19.6 Å². The molecule has 2 atom stereocenters. The van der Waals surface area contributed by atoms with E-state index in [1.807, 2.05) is 12.1 Å². The number of hydrogen-bond acceptors (Lipinski definition) is 6. The molecule has 6 rings (SSSR count). The van der Waals surface area contributed by atoms with Crippen LogP contribution in [0.2, 0.25) is 0 Å². The summed E-state index contributed by atoms with van der Waals surface area (Å²) >= 11 is 0. The number of fused-ring (bicyclic) bond motifs is 4. The van der Waals surface area contributed by atoms with Gasteiger partial charge in [-0.1, -0.05) is 12.5 Å². The molecular weight excluding hydrogens is 372 g/mol. The fraction of sp³-hybridized carbons (Fsp3) is 0.571. The first-order valence-electron chi connectivity index (χ1n) is 10.5. The van der Waals surface area contributed by atoms with Gasteiger partial charge in [-0.3, -0.25) is 19.1 Å². The van der Waals surface area contributed by atoms with Gasteiger partial charge in [0.25, 0.3) is 0 Å². The molecule has 0 bridgehead atoms. The number of benzene rings is 1. The summed E-state index contributed by atoms with van der Waals surface area (Å²) in [6.07, 6.45) is 3.46. The van der Waals surface area contributed by atoms with Crippen LogP contribution >= 0.6 is 0 Å². The van der Waals surface area contributed by atoms with E-state index in [9.17, 15) is 9.59 Å². The summed E-state index contributed by atoms with van der Waals surface area (Å²) in [5.74, 6) is 3.45. The minimum Gasteiger partial charge on any atom is -0.454 e. The number of likely N-dealkylation sites (tertiary alicyclic amines) is 1. The maximum Gasteiger partial charge on any atom is 0.332 e. The van der Waals surface area contributed by atoms with Crippen LogP contribution in [0.25, 0.3) is 0 Å². The van der Waals surface area contributed by atoms with Crippen molar-refractivity contribution in [2.75, 3.05) is 19.9 Å². The molecule has 8 nitrogen and oxygen atoms in total. The summed E-state index contributed by atoms with van der Waals surface area (Å²) in [7, 11) is 0. The fourth-order valence-electron chi connectivity index (χ4n) is 5.15. The molecule has 2 aromatic rings. The summed E-state index contributed by atoms with van der Waals surface area (Å²) < 4.78 is 14.0. The summed E-state index contributed by atoms with van der Waals surface area (Å²) in [6, 6.07) is 6.09. The zero-order chi connectivity index (χ0) is 19.5. The van der Waals surface area contributed by atoms with Crippen molar-refractivity contribution in [1.29, 1.82) is 0 Å². The quantitative estimate of drug-likeness (QED) is 0.722. The highest BCUT2D eigenvalue weighted by atomic mass is 16.7. The SMILES string of the molecule is O=c1c(=O)n2c(nn1CC1CCC1)[C@@H]1CN(Cc3ccc4c(c3)OCO4)C[C@@H]1C2. The van der Waals surface area contributed by atoms with Gasteiger partial charge in [0.1, 0.15) is 5.82 Å². The molecule has 0 spiro atoms. The van der Waals surface area contributed by atoms with E-state index in [2.05, 4.69) is 16.1 Å². The van der Waals surface area contributed by atoms with Crippen LogP contribution in [0.1, 0.15) is 36.6 Å². The van der Waals surface area contributed by atoms with Crippen molar-refractivity contribution >= 4 is 0 Å². The molecule has 1 aromatic carbocycles. The lowest BCUT2D eigenvalue weighted by atomic mass is 9.85. The van der Waals surface area contributed by atoms with E-state index in [-0.39, 0.29) is 12.7 Å². The molecule has 0 radical (unpaired) electrons. The number of nitrogens with zero attached hydrogens (tertiary/aromatic N) is 4. The summed E-state index contributed by atoms with van der Waals surface area (Å²) in [5, 5.41) is 4.67. The Morgan fingerprint density at radius 3 is 2.72 bits per heavy atom. The van der Waals surface area contributed by atoms with Crippen LogP contribution in [0.5, 0.6) is 11.5 Å². The minimum absolute atomic E-state index is 0.213. The van der Waals surface area contributed by atoms with Crippen LogP contribution in [0, 0.1) is 11.8 Å². The first-order valence-corrected chi connectivity index (χ1v) is 10.5. The van der Waals surface area contributed by atoms with E-state index in [4.69, 9.17) is 9.47 Å². The second kappa shape index (κ2) is 6.45. The molecule has 4 heterocycles. The van der Waals surface area contributed by atoms with Crippen molar-refractivity contribution in [2.45, 2.75) is 44.8 Å². The van der Waals surface area contributed by atoms with E-state index >= 15 is 0 Å². The van der Waals surface area contributed by atoms with Crippen molar-refractivity contribution in [2.24, 2.45) is 11.8 Å². The second-order valence-corrected chi connectivity index (χ2v) is 8.81. The monoisotopic (exact) mass is 396 g/mol. The highest BCUT2D eigenvalue weighted by Crippen LogP contribution is 2.39. The highest BCUT2D eigenvalue weighted by molar-refractivity contribution is 5.44. The molecule has 1 aliphatic carbocycles. The van der Waals surface area contributed by atoms with Gasteiger partial charge in [-0.15, -0.1) is 0 Å². The van der Waals surface area contributed by atoms with Crippen molar-refractivity contribution < 1.29 is 9.47 Å². The van der Waals surface area contributed by atoms with Gasteiger partial charge in [0, 0.05) is 44.6 Å². The lowest BCUT2D eigenvalue weighted by Crippen LogP contribution is -2.45. The molecule has 0 N–H and O–H groups in total. The summed E-state index contributed by atoms with van der Waals surface area (Å²) in [5.41, 5.74) is 0.332. The Bertz CT molecular complexity index is 1090. The van der Waals surface area contributed by atoms with Gasteiger partial charge < -0.3 is 9.47 Å². The standard InChI is InChI=1S/C21H24N4O4/c26-20-21(27)25(8-13-2-1-3-13)22-19-16-11-23(9-15(16)10-24(19)20)7-14-4-5-17-18(6-14)29-12-28-17/h4-6,13,15-16H,1-3,7-12H2/t15-,16-/m1/s1. The maximum absolute atomic E-state index is 12.6. The van der Waals surface area contributed by atoms with E-state index in [1.165, 1.54) is 16.7 Å². The van der Waals surface area contributed by atoms with E-state index in [0.717, 1.165) is 49.8 Å². The molecular formula is C21H24N4O4. The molecule has 1 aromatic heterocycles. The normalized spacial score (nSPS) is 25.1. The van der Waals surface area contributed by atoms with Crippen molar-refractivity contribution in [1.82, 2.24) is 19.2 Å². The van der Waals surface area contributed by atoms with Crippen molar-refractivity contribution in [3.05, 3.63) is 50.3 Å². The smallest absolute Gasteiger partial charge is 0.332 e.